The summed E-state index contributed by atoms with van der Waals surface area (Å²) in [4.78, 5) is 3.84. The lowest BCUT2D eigenvalue weighted by molar-refractivity contribution is -0.137. The zero-order valence-corrected chi connectivity index (χ0v) is 7.58. The van der Waals surface area contributed by atoms with Crippen molar-refractivity contribution in [2.45, 2.75) is 12.2 Å². The zero-order chi connectivity index (χ0) is 10.9. The van der Waals surface area contributed by atoms with E-state index in [1.165, 1.54) is 12.1 Å². The number of hydrogen-bond acceptors (Lipinski definition) is 2. The molecule has 0 amide bonds. The summed E-state index contributed by atoms with van der Waals surface area (Å²) in [6, 6.07) is 4.68. The summed E-state index contributed by atoms with van der Waals surface area (Å²) >= 11 is 0. The van der Waals surface area contributed by atoms with Crippen LogP contribution >= 0.6 is 0 Å². The molecule has 1 unspecified atom stereocenters. The van der Waals surface area contributed by atoms with Gasteiger partial charge in [0.25, 0.3) is 6.40 Å². The number of hydrogen-bond donors (Lipinski definition) is 0. The standard InChI is InChI=1S/C10H7F3NO/c11-10(12,13)8-3-1-7(2-4-8)9-5-15-6-14-9/h1-4,9H,5H2. The zero-order valence-electron chi connectivity index (χ0n) is 7.58. The lowest BCUT2D eigenvalue weighted by Crippen LogP contribution is -2.05. The molecule has 1 radical (unpaired) electrons. The number of ether oxygens (including phenoxy) is 1. The summed E-state index contributed by atoms with van der Waals surface area (Å²) in [5.41, 5.74) is 0.0473. The lowest BCUT2D eigenvalue weighted by atomic mass is 10.1. The van der Waals surface area contributed by atoms with E-state index >= 15 is 0 Å². The molecule has 1 atom stereocenters. The second-order valence-corrected chi connectivity index (χ2v) is 3.17. The summed E-state index contributed by atoms with van der Waals surface area (Å²) in [5.74, 6) is 0. The van der Waals surface area contributed by atoms with Crippen molar-refractivity contribution in [3.05, 3.63) is 35.4 Å². The Morgan fingerprint density at radius 3 is 2.40 bits per heavy atom. The fourth-order valence-electron chi connectivity index (χ4n) is 1.32. The number of halogens is 3. The molecule has 2 nitrogen and oxygen atoms in total. The Bertz CT molecular complexity index is 369. The Hall–Kier alpha value is -1.52. The smallest absolute Gasteiger partial charge is 0.416 e. The molecule has 79 valence electrons. The van der Waals surface area contributed by atoms with Gasteiger partial charge in [0.1, 0.15) is 12.6 Å². The van der Waals surface area contributed by atoms with Crippen LogP contribution in [-0.4, -0.2) is 13.0 Å². The van der Waals surface area contributed by atoms with Crippen molar-refractivity contribution in [2.75, 3.05) is 6.61 Å². The molecule has 0 bridgehead atoms. The van der Waals surface area contributed by atoms with E-state index < -0.39 is 11.7 Å². The van der Waals surface area contributed by atoms with Crippen LogP contribution < -0.4 is 0 Å². The topological polar surface area (TPSA) is 21.6 Å². The Morgan fingerprint density at radius 1 is 1.27 bits per heavy atom. The molecular weight excluding hydrogens is 207 g/mol. The van der Waals surface area contributed by atoms with Crippen molar-refractivity contribution < 1.29 is 17.9 Å². The molecule has 0 saturated heterocycles. The molecule has 0 saturated carbocycles. The summed E-state index contributed by atoms with van der Waals surface area (Å²) < 4.78 is 41.5. The van der Waals surface area contributed by atoms with Gasteiger partial charge in [-0.2, -0.15) is 13.2 Å². The van der Waals surface area contributed by atoms with Gasteiger partial charge in [-0.1, -0.05) is 12.1 Å². The third-order valence-electron chi connectivity index (χ3n) is 2.14. The highest BCUT2D eigenvalue weighted by atomic mass is 19.4. The van der Waals surface area contributed by atoms with Crippen LogP contribution in [0.3, 0.4) is 0 Å². The highest BCUT2D eigenvalue weighted by Gasteiger charge is 2.30. The number of rotatable bonds is 1. The maximum atomic E-state index is 12.2. The normalized spacial score (nSPS) is 20.3. The van der Waals surface area contributed by atoms with E-state index in [2.05, 4.69) is 11.4 Å². The average Bonchev–Trinajstić information content (AvgIpc) is 2.69. The molecule has 2 rings (SSSR count). The van der Waals surface area contributed by atoms with Gasteiger partial charge in [0, 0.05) is 0 Å². The van der Waals surface area contributed by atoms with E-state index in [4.69, 9.17) is 4.74 Å². The van der Waals surface area contributed by atoms with Crippen molar-refractivity contribution in [1.82, 2.24) is 0 Å². The minimum absolute atomic E-state index is 0.229. The van der Waals surface area contributed by atoms with Gasteiger partial charge < -0.3 is 4.74 Å². The highest BCUT2D eigenvalue weighted by Crippen LogP contribution is 2.30. The molecule has 1 aromatic rings. The van der Waals surface area contributed by atoms with Crippen LogP contribution in [0.15, 0.2) is 29.3 Å². The maximum Gasteiger partial charge on any atom is 0.416 e. The number of alkyl halides is 3. The first-order valence-corrected chi connectivity index (χ1v) is 4.31. The van der Waals surface area contributed by atoms with Crippen molar-refractivity contribution in [3.8, 4) is 0 Å². The molecule has 0 aromatic heterocycles. The van der Waals surface area contributed by atoms with Crippen molar-refractivity contribution in [3.63, 3.8) is 0 Å². The highest BCUT2D eigenvalue weighted by molar-refractivity contribution is 5.50. The van der Waals surface area contributed by atoms with Gasteiger partial charge >= 0.3 is 6.18 Å². The predicted molar refractivity (Wildman–Crippen MR) is 47.6 cm³/mol. The predicted octanol–water partition coefficient (Wildman–Crippen LogP) is 2.68. The molecule has 15 heavy (non-hydrogen) atoms. The van der Waals surface area contributed by atoms with E-state index in [0.717, 1.165) is 12.1 Å². The summed E-state index contributed by atoms with van der Waals surface area (Å²) in [6.07, 6.45) is -1.97. The van der Waals surface area contributed by atoms with Gasteiger partial charge in [-0.3, -0.25) is 0 Å². The second kappa shape index (κ2) is 3.56. The van der Waals surface area contributed by atoms with Gasteiger partial charge in [-0.25, -0.2) is 4.99 Å². The van der Waals surface area contributed by atoms with Gasteiger partial charge in [-0.15, -0.1) is 0 Å². The SMILES string of the molecule is FC(F)(F)c1ccc(C2CO[C]=N2)cc1. The van der Waals surface area contributed by atoms with Crippen molar-refractivity contribution >= 4 is 6.40 Å². The molecular formula is C10H7F3NO. The van der Waals surface area contributed by atoms with Crippen LogP contribution in [0, 0.1) is 0 Å². The summed E-state index contributed by atoms with van der Waals surface area (Å²) in [5, 5.41) is 0. The van der Waals surface area contributed by atoms with Gasteiger partial charge in [0.15, 0.2) is 0 Å². The lowest BCUT2D eigenvalue weighted by Gasteiger charge is -2.09. The van der Waals surface area contributed by atoms with Crippen LogP contribution in [-0.2, 0) is 10.9 Å². The first-order chi connectivity index (χ1) is 7.07. The van der Waals surface area contributed by atoms with Crippen molar-refractivity contribution in [1.29, 1.82) is 0 Å². The van der Waals surface area contributed by atoms with Crippen LogP contribution in [0.5, 0.6) is 0 Å². The third kappa shape index (κ3) is 2.11. The fourth-order valence-corrected chi connectivity index (χ4v) is 1.32. The Kier molecular flexibility index (Phi) is 2.38. The molecule has 1 aliphatic rings. The summed E-state index contributed by atoms with van der Waals surface area (Å²) in [6.45, 7) is 0.339. The first-order valence-electron chi connectivity index (χ1n) is 4.31. The number of nitrogens with zero attached hydrogens (tertiary/aromatic N) is 1. The van der Waals surface area contributed by atoms with E-state index in [1.54, 1.807) is 0 Å². The molecule has 1 aliphatic heterocycles. The molecule has 5 heteroatoms. The van der Waals surface area contributed by atoms with Gasteiger partial charge in [0.05, 0.1) is 5.56 Å². The van der Waals surface area contributed by atoms with Crippen LogP contribution in [0.25, 0.3) is 0 Å². The summed E-state index contributed by atoms with van der Waals surface area (Å²) in [7, 11) is 0. The molecule has 1 aromatic carbocycles. The molecule has 0 N–H and O–H groups in total. The third-order valence-corrected chi connectivity index (χ3v) is 2.14. The molecule has 0 spiro atoms. The van der Waals surface area contributed by atoms with E-state index in [9.17, 15) is 13.2 Å². The van der Waals surface area contributed by atoms with Crippen LogP contribution in [0.1, 0.15) is 17.2 Å². The van der Waals surface area contributed by atoms with E-state index in [-0.39, 0.29) is 6.04 Å². The minimum Gasteiger partial charge on any atom is -0.471 e. The van der Waals surface area contributed by atoms with Gasteiger partial charge in [0.2, 0.25) is 0 Å². The Balaban J connectivity index is 2.20. The maximum absolute atomic E-state index is 12.2. The Labute approximate surface area is 84.4 Å². The fraction of sp³-hybridized carbons (Fsp3) is 0.300. The monoisotopic (exact) mass is 214 g/mol. The molecule has 0 aliphatic carbocycles. The van der Waals surface area contributed by atoms with E-state index in [0.29, 0.717) is 12.2 Å². The van der Waals surface area contributed by atoms with Crippen LogP contribution in [0.4, 0.5) is 13.2 Å². The number of aliphatic imine (C=N–C) groups is 1. The molecule has 1 heterocycles. The Morgan fingerprint density at radius 2 is 1.93 bits per heavy atom. The average molecular weight is 214 g/mol. The second-order valence-electron chi connectivity index (χ2n) is 3.17. The molecule has 0 fully saturated rings. The first kappa shape index (κ1) is 10.0. The quantitative estimate of drug-likeness (QED) is 0.704. The van der Waals surface area contributed by atoms with Crippen LogP contribution in [0.2, 0.25) is 0 Å². The van der Waals surface area contributed by atoms with Gasteiger partial charge in [-0.05, 0) is 17.7 Å². The van der Waals surface area contributed by atoms with E-state index in [1.807, 2.05) is 0 Å². The number of benzene rings is 1. The minimum atomic E-state index is -4.29. The van der Waals surface area contributed by atoms with Crippen molar-refractivity contribution in [2.24, 2.45) is 4.99 Å². The largest absolute Gasteiger partial charge is 0.471 e.